The highest BCUT2D eigenvalue weighted by atomic mass is 32.2. The Morgan fingerprint density at radius 3 is 2.19 bits per heavy atom. The molecule has 4 N–H and O–H groups in total. The summed E-state index contributed by atoms with van der Waals surface area (Å²) in [6, 6.07) is 0. The summed E-state index contributed by atoms with van der Waals surface area (Å²) in [6.45, 7) is 0. The van der Waals surface area contributed by atoms with E-state index in [-0.39, 0.29) is 0 Å². The molecule has 0 saturated heterocycles. The van der Waals surface area contributed by atoms with Crippen molar-refractivity contribution in [3.8, 4) is 0 Å². The van der Waals surface area contributed by atoms with Gasteiger partial charge in [-0.2, -0.15) is 13.5 Å². The van der Waals surface area contributed by atoms with Crippen LogP contribution in [0.2, 0.25) is 0 Å². The van der Waals surface area contributed by atoms with Gasteiger partial charge in [0.1, 0.15) is 5.84 Å². The average molecular weight is 255 g/mol. The molecule has 1 rings (SSSR count). The number of hydrogen-bond donors (Lipinski definition) is 3. The molecule has 94 valence electrons. The summed E-state index contributed by atoms with van der Waals surface area (Å²) in [6.07, 6.45) is 2.84. The van der Waals surface area contributed by atoms with Crippen LogP contribution in [0.25, 0.3) is 0 Å². The molecule has 0 aromatic heterocycles. The molecule has 5 nitrogen and oxygen atoms in total. The van der Waals surface area contributed by atoms with E-state index in [1.807, 2.05) is 4.72 Å². The van der Waals surface area contributed by atoms with Gasteiger partial charge in [-0.15, -0.1) is 0 Å². The van der Waals surface area contributed by atoms with Crippen molar-refractivity contribution < 1.29 is 17.2 Å². The van der Waals surface area contributed by atoms with Crippen molar-refractivity contribution in [3.05, 3.63) is 0 Å². The second-order valence-electron chi connectivity index (χ2n) is 3.96. The van der Waals surface area contributed by atoms with Crippen LogP contribution in [0.4, 0.5) is 8.78 Å². The van der Waals surface area contributed by atoms with Crippen LogP contribution in [0.1, 0.15) is 32.1 Å². The Morgan fingerprint density at radius 1 is 1.31 bits per heavy atom. The van der Waals surface area contributed by atoms with Crippen LogP contribution in [-0.4, -0.2) is 25.5 Å². The minimum Gasteiger partial charge on any atom is -0.386 e. The summed E-state index contributed by atoms with van der Waals surface area (Å²) >= 11 is 0. The third-order valence-electron chi connectivity index (χ3n) is 2.79. The fourth-order valence-electron chi connectivity index (χ4n) is 1.90. The highest BCUT2D eigenvalue weighted by molar-refractivity contribution is 7.89. The standard InChI is InChI=1S/C8H15F2N3O2S/c9-7(10)16(14,15)13-8(6(11)12)4-2-1-3-5-8/h7,13H,1-5H2,(H3,11,12). The van der Waals surface area contributed by atoms with Gasteiger partial charge in [-0.1, -0.05) is 19.3 Å². The second-order valence-corrected chi connectivity index (χ2v) is 5.61. The van der Waals surface area contributed by atoms with E-state index in [1.54, 1.807) is 0 Å². The first kappa shape index (κ1) is 13.3. The summed E-state index contributed by atoms with van der Waals surface area (Å²) < 4.78 is 48.5. The normalized spacial score (nSPS) is 20.9. The molecule has 8 heteroatoms. The minimum atomic E-state index is -4.71. The number of alkyl halides is 2. The second kappa shape index (κ2) is 4.62. The lowest BCUT2D eigenvalue weighted by Gasteiger charge is -2.36. The van der Waals surface area contributed by atoms with Crippen molar-refractivity contribution in [2.75, 3.05) is 0 Å². The van der Waals surface area contributed by atoms with Crippen molar-refractivity contribution in [2.24, 2.45) is 5.73 Å². The topological polar surface area (TPSA) is 96.0 Å². The van der Waals surface area contributed by atoms with Crippen molar-refractivity contribution in [1.82, 2.24) is 4.72 Å². The predicted octanol–water partition coefficient (Wildman–Crippen LogP) is 0.767. The van der Waals surface area contributed by atoms with Gasteiger partial charge in [-0.25, -0.2) is 8.42 Å². The molecule has 0 spiro atoms. The lowest BCUT2D eigenvalue weighted by atomic mass is 9.82. The first-order chi connectivity index (χ1) is 7.30. The van der Waals surface area contributed by atoms with Crippen LogP contribution < -0.4 is 10.5 Å². The molecular formula is C8H15F2N3O2S. The van der Waals surface area contributed by atoms with E-state index in [0.29, 0.717) is 25.7 Å². The Balaban J connectivity index is 2.92. The maximum Gasteiger partial charge on any atom is 0.350 e. The summed E-state index contributed by atoms with van der Waals surface area (Å²) in [5.74, 6) is -3.89. The molecule has 0 unspecified atom stereocenters. The smallest absolute Gasteiger partial charge is 0.350 e. The van der Waals surface area contributed by atoms with Crippen molar-refractivity contribution >= 4 is 15.9 Å². The molecule has 0 radical (unpaired) electrons. The molecule has 0 amide bonds. The molecule has 1 aliphatic rings. The van der Waals surface area contributed by atoms with E-state index >= 15 is 0 Å². The lowest BCUT2D eigenvalue weighted by molar-refractivity contribution is 0.227. The molecule has 0 heterocycles. The maximum absolute atomic E-state index is 12.2. The van der Waals surface area contributed by atoms with E-state index in [9.17, 15) is 17.2 Å². The average Bonchev–Trinajstić information content (AvgIpc) is 2.18. The number of halogens is 2. The molecule has 1 aliphatic carbocycles. The first-order valence-corrected chi connectivity index (χ1v) is 6.50. The fourth-order valence-corrected chi connectivity index (χ4v) is 2.85. The Morgan fingerprint density at radius 2 is 1.81 bits per heavy atom. The number of rotatable bonds is 4. The van der Waals surface area contributed by atoms with Crippen LogP contribution in [0.3, 0.4) is 0 Å². The molecular weight excluding hydrogens is 240 g/mol. The monoisotopic (exact) mass is 255 g/mol. The first-order valence-electron chi connectivity index (χ1n) is 4.96. The van der Waals surface area contributed by atoms with Gasteiger partial charge in [0.15, 0.2) is 0 Å². The van der Waals surface area contributed by atoms with E-state index < -0.39 is 27.2 Å². The van der Waals surface area contributed by atoms with Gasteiger partial charge in [0.2, 0.25) is 0 Å². The van der Waals surface area contributed by atoms with Gasteiger partial charge in [0, 0.05) is 0 Å². The Bertz CT molecular complexity index is 363. The molecule has 0 aromatic carbocycles. The van der Waals surface area contributed by atoms with Crippen LogP contribution in [0, 0.1) is 5.41 Å². The van der Waals surface area contributed by atoms with Gasteiger partial charge in [-0.05, 0) is 12.8 Å². The number of sulfonamides is 1. The summed E-state index contributed by atoms with van der Waals surface area (Å²) in [5.41, 5.74) is 4.01. The van der Waals surface area contributed by atoms with Gasteiger partial charge < -0.3 is 5.73 Å². The zero-order valence-electron chi connectivity index (χ0n) is 8.67. The van der Waals surface area contributed by atoms with Crippen molar-refractivity contribution in [3.63, 3.8) is 0 Å². The predicted molar refractivity (Wildman–Crippen MR) is 55.8 cm³/mol. The van der Waals surface area contributed by atoms with E-state index in [2.05, 4.69) is 0 Å². The highest BCUT2D eigenvalue weighted by Gasteiger charge is 2.41. The van der Waals surface area contributed by atoms with Gasteiger partial charge in [0.25, 0.3) is 10.0 Å². The quantitative estimate of drug-likeness (QED) is 0.511. The van der Waals surface area contributed by atoms with Crippen LogP contribution in [0.15, 0.2) is 0 Å². The SMILES string of the molecule is N=C(N)C1(NS(=O)(=O)C(F)F)CCCCC1. The largest absolute Gasteiger partial charge is 0.386 e. The van der Waals surface area contributed by atoms with E-state index in [1.165, 1.54) is 0 Å². The Labute approximate surface area is 93.0 Å². The summed E-state index contributed by atoms with van der Waals surface area (Å²) in [4.78, 5) is 0. The van der Waals surface area contributed by atoms with Gasteiger partial charge in [0.05, 0.1) is 5.54 Å². The van der Waals surface area contributed by atoms with E-state index in [0.717, 1.165) is 6.42 Å². The van der Waals surface area contributed by atoms with Crippen LogP contribution in [-0.2, 0) is 10.0 Å². The van der Waals surface area contributed by atoms with Crippen LogP contribution in [0.5, 0.6) is 0 Å². The lowest BCUT2D eigenvalue weighted by Crippen LogP contribution is -2.58. The third kappa shape index (κ3) is 2.67. The summed E-state index contributed by atoms with van der Waals surface area (Å²) in [5, 5.41) is 7.36. The summed E-state index contributed by atoms with van der Waals surface area (Å²) in [7, 11) is -4.71. The van der Waals surface area contributed by atoms with Gasteiger partial charge in [-0.3, -0.25) is 5.41 Å². The Kier molecular flexibility index (Phi) is 3.84. The number of amidine groups is 1. The van der Waals surface area contributed by atoms with Gasteiger partial charge >= 0.3 is 5.76 Å². The minimum absolute atomic E-state index is 0.300. The molecule has 1 saturated carbocycles. The molecule has 0 bridgehead atoms. The molecule has 16 heavy (non-hydrogen) atoms. The number of hydrogen-bond acceptors (Lipinski definition) is 3. The molecule has 1 fully saturated rings. The maximum atomic E-state index is 12.2. The molecule has 0 aliphatic heterocycles. The van der Waals surface area contributed by atoms with Crippen LogP contribution >= 0.6 is 0 Å². The zero-order valence-corrected chi connectivity index (χ0v) is 9.49. The molecule has 0 atom stereocenters. The Hall–Kier alpha value is -0.760. The highest BCUT2D eigenvalue weighted by Crippen LogP contribution is 2.29. The van der Waals surface area contributed by atoms with Crippen molar-refractivity contribution in [2.45, 2.75) is 43.4 Å². The molecule has 0 aromatic rings. The third-order valence-corrected chi connectivity index (χ3v) is 3.94. The number of nitrogens with one attached hydrogen (secondary N) is 2. The van der Waals surface area contributed by atoms with Crippen molar-refractivity contribution in [1.29, 1.82) is 5.41 Å². The zero-order chi connectivity index (χ0) is 12.4. The number of nitrogens with two attached hydrogens (primary N) is 1. The fraction of sp³-hybridized carbons (Fsp3) is 0.875. The van der Waals surface area contributed by atoms with E-state index in [4.69, 9.17) is 11.1 Å².